The second-order valence-corrected chi connectivity index (χ2v) is 6.56. The molecule has 0 bridgehead atoms. The zero-order valence-electron chi connectivity index (χ0n) is 15.0. The molecule has 0 saturated heterocycles. The molecule has 28 heavy (non-hydrogen) atoms. The lowest BCUT2D eigenvalue weighted by molar-refractivity contribution is -0.142. The number of nitriles is 1. The average molecular weight is 398 g/mol. The normalized spacial score (nSPS) is 12.4. The lowest BCUT2D eigenvalue weighted by Crippen LogP contribution is -2.35. The third kappa shape index (κ3) is 5.11. The molecule has 144 valence electrons. The standard InChI is InChI=1S/C20H18N2O5S/c21-7-1-8-22(16-3-4-17-18(12-16)26-10-9-25-17)19(23)13-27-20(24)5-2-15-6-11-28-14-15/h2-6,11-12,14H,1,8-10,13H2/b5-2+. The zero-order valence-corrected chi connectivity index (χ0v) is 15.8. The number of fused-ring (bicyclic) bond motifs is 1. The summed E-state index contributed by atoms with van der Waals surface area (Å²) in [6.45, 7) is 0.652. The summed E-state index contributed by atoms with van der Waals surface area (Å²) in [4.78, 5) is 25.8. The monoisotopic (exact) mass is 398 g/mol. The molecule has 1 aliphatic heterocycles. The first-order valence-electron chi connectivity index (χ1n) is 8.61. The quantitative estimate of drug-likeness (QED) is 0.526. The van der Waals surface area contributed by atoms with Crippen LogP contribution in [0.5, 0.6) is 11.5 Å². The average Bonchev–Trinajstić information content (AvgIpc) is 3.24. The molecule has 1 aliphatic rings. The summed E-state index contributed by atoms with van der Waals surface area (Å²) >= 11 is 1.52. The molecular formula is C20H18N2O5S. The van der Waals surface area contributed by atoms with E-state index >= 15 is 0 Å². The van der Waals surface area contributed by atoms with Crippen molar-refractivity contribution in [2.75, 3.05) is 31.3 Å². The van der Waals surface area contributed by atoms with E-state index in [1.165, 1.54) is 22.3 Å². The third-order valence-electron chi connectivity index (χ3n) is 3.88. The van der Waals surface area contributed by atoms with E-state index in [4.69, 9.17) is 19.5 Å². The van der Waals surface area contributed by atoms with Crippen LogP contribution in [0.3, 0.4) is 0 Å². The topological polar surface area (TPSA) is 88.9 Å². The van der Waals surface area contributed by atoms with Gasteiger partial charge in [-0.2, -0.15) is 16.6 Å². The zero-order chi connectivity index (χ0) is 19.8. The van der Waals surface area contributed by atoms with Gasteiger partial charge in [-0.1, -0.05) is 0 Å². The molecule has 0 unspecified atom stereocenters. The Morgan fingerprint density at radius 1 is 1.25 bits per heavy atom. The van der Waals surface area contributed by atoms with Crippen molar-refractivity contribution in [1.82, 2.24) is 0 Å². The molecule has 0 saturated carbocycles. The van der Waals surface area contributed by atoms with Crippen molar-refractivity contribution >= 4 is 35.0 Å². The van der Waals surface area contributed by atoms with Crippen LogP contribution in [-0.4, -0.2) is 38.2 Å². The highest BCUT2D eigenvalue weighted by atomic mass is 32.1. The van der Waals surface area contributed by atoms with Crippen molar-refractivity contribution in [1.29, 1.82) is 5.26 Å². The molecule has 7 nitrogen and oxygen atoms in total. The van der Waals surface area contributed by atoms with Gasteiger partial charge in [-0.15, -0.1) is 0 Å². The minimum atomic E-state index is -0.609. The van der Waals surface area contributed by atoms with Crippen molar-refractivity contribution in [3.8, 4) is 17.6 Å². The number of carbonyl (C=O) groups excluding carboxylic acids is 2. The summed E-state index contributed by atoms with van der Waals surface area (Å²) < 4.78 is 16.1. The summed E-state index contributed by atoms with van der Waals surface area (Å²) in [6.07, 6.45) is 3.04. The van der Waals surface area contributed by atoms with Crippen LogP contribution in [-0.2, 0) is 14.3 Å². The maximum absolute atomic E-state index is 12.6. The van der Waals surface area contributed by atoms with Crippen LogP contribution in [0, 0.1) is 11.3 Å². The highest BCUT2D eigenvalue weighted by Gasteiger charge is 2.20. The fourth-order valence-electron chi connectivity index (χ4n) is 2.55. The van der Waals surface area contributed by atoms with Gasteiger partial charge in [0.2, 0.25) is 0 Å². The highest BCUT2D eigenvalue weighted by molar-refractivity contribution is 7.08. The molecule has 0 spiro atoms. The Balaban J connectivity index is 1.64. The molecule has 2 aromatic rings. The first kappa shape index (κ1) is 19.5. The molecule has 0 fully saturated rings. The number of amides is 1. The molecule has 2 heterocycles. The number of thiophene rings is 1. The number of carbonyl (C=O) groups is 2. The van der Waals surface area contributed by atoms with Crippen LogP contribution < -0.4 is 14.4 Å². The molecule has 1 amide bonds. The van der Waals surface area contributed by atoms with Crippen LogP contribution in [0.25, 0.3) is 6.08 Å². The first-order chi connectivity index (χ1) is 13.7. The van der Waals surface area contributed by atoms with E-state index in [0.717, 1.165) is 5.56 Å². The van der Waals surface area contributed by atoms with E-state index < -0.39 is 18.5 Å². The Morgan fingerprint density at radius 3 is 2.82 bits per heavy atom. The van der Waals surface area contributed by atoms with E-state index in [0.29, 0.717) is 30.4 Å². The lowest BCUT2D eigenvalue weighted by Gasteiger charge is -2.24. The van der Waals surface area contributed by atoms with Crippen LogP contribution >= 0.6 is 11.3 Å². The van der Waals surface area contributed by atoms with Crippen LogP contribution in [0.1, 0.15) is 12.0 Å². The van der Waals surface area contributed by atoms with Crippen molar-refractivity contribution in [2.45, 2.75) is 6.42 Å². The smallest absolute Gasteiger partial charge is 0.331 e. The summed E-state index contributed by atoms with van der Waals surface area (Å²) in [6, 6.07) is 8.99. The van der Waals surface area contributed by atoms with Gasteiger partial charge in [0.05, 0.1) is 12.5 Å². The second kappa shape index (κ2) is 9.58. The van der Waals surface area contributed by atoms with E-state index in [1.807, 2.05) is 22.9 Å². The summed E-state index contributed by atoms with van der Waals surface area (Å²) in [5, 5.41) is 12.7. The van der Waals surface area contributed by atoms with Gasteiger partial charge in [0.1, 0.15) is 13.2 Å². The summed E-state index contributed by atoms with van der Waals surface area (Å²) in [7, 11) is 0. The Labute approximate surface area is 166 Å². The number of hydrogen-bond acceptors (Lipinski definition) is 7. The Morgan fingerprint density at radius 2 is 2.07 bits per heavy atom. The lowest BCUT2D eigenvalue weighted by atomic mass is 10.2. The van der Waals surface area contributed by atoms with Gasteiger partial charge in [-0.25, -0.2) is 4.79 Å². The first-order valence-corrected chi connectivity index (χ1v) is 9.55. The maximum atomic E-state index is 12.6. The third-order valence-corrected chi connectivity index (χ3v) is 4.58. The minimum absolute atomic E-state index is 0.145. The fourth-order valence-corrected chi connectivity index (χ4v) is 3.18. The molecule has 0 N–H and O–H groups in total. The van der Waals surface area contributed by atoms with E-state index in [9.17, 15) is 9.59 Å². The van der Waals surface area contributed by atoms with Crippen molar-refractivity contribution in [2.24, 2.45) is 0 Å². The summed E-state index contributed by atoms with van der Waals surface area (Å²) in [5.41, 5.74) is 1.44. The Bertz CT molecular complexity index is 902. The predicted octanol–water partition coefficient (Wildman–Crippen LogP) is 3.02. The van der Waals surface area contributed by atoms with Gasteiger partial charge in [0, 0.05) is 24.4 Å². The highest BCUT2D eigenvalue weighted by Crippen LogP contribution is 2.34. The van der Waals surface area contributed by atoms with Gasteiger partial charge in [0.25, 0.3) is 5.91 Å². The van der Waals surface area contributed by atoms with Gasteiger partial charge in [-0.3, -0.25) is 4.79 Å². The largest absolute Gasteiger partial charge is 0.486 e. The maximum Gasteiger partial charge on any atom is 0.331 e. The van der Waals surface area contributed by atoms with E-state index in [1.54, 1.807) is 24.3 Å². The fraction of sp³-hybridized carbons (Fsp3) is 0.250. The summed E-state index contributed by atoms with van der Waals surface area (Å²) in [5.74, 6) is 0.105. The number of ether oxygens (including phenoxy) is 3. The van der Waals surface area contributed by atoms with Crippen LogP contribution in [0.15, 0.2) is 41.1 Å². The minimum Gasteiger partial charge on any atom is -0.486 e. The van der Waals surface area contributed by atoms with E-state index in [-0.39, 0.29) is 13.0 Å². The number of esters is 1. The van der Waals surface area contributed by atoms with E-state index in [2.05, 4.69) is 0 Å². The molecule has 1 aromatic carbocycles. The number of benzene rings is 1. The molecule has 0 radical (unpaired) electrons. The molecule has 3 rings (SSSR count). The SMILES string of the molecule is N#CCCN(C(=O)COC(=O)/C=C/c1ccsc1)c1ccc2c(c1)OCCO2. The predicted molar refractivity (Wildman–Crippen MR) is 104 cm³/mol. The van der Waals surface area contributed by atoms with Crippen molar-refractivity contribution in [3.63, 3.8) is 0 Å². The Kier molecular flexibility index (Phi) is 6.65. The van der Waals surface area contributed by atoms with Crippen molar-refractivity contribution in [3.05, 3.63) is 46.7 Å². The molecule has 0 atom stereocenters. The number of rotatable bonds is 7. The molecule has 1 aromatic heterocycles. The van der Waals surface area contributed by atoms with Crippen LogP contribution in [0.4, 0.5) is 5.69 Å². The molecule has 8 heteroatoms. The van der Waals surface area contributed by atoms with Gasteiger partial charge >= 0.3 is 5.97 Å². The molecular weight excluding hydrogens is 380 g/mol. The molecule has 0 aliphatic carbocycles. The van der Waals surface area contributed by atoms with Crippen molar-refractivity contribution < 1.29 is 23.8 Å². The van der Waals surface area contributed by atoms with Crippen LogP contribution in [0.2, 0.25) is 0 Å². The second-order valence-electron chi connectivity index (χ2n) is 5.78. The van der Waals surface area contributed by atoms with Gasteiger partial charge in [-0.05, 0) is 40.6 Å². The van der Waals surface area contributed by atoms with Gasteiger partial charge < -0.3 is 19.1 Å². The number of anilines is 1. The van der Waals surface area contributed by atoms with Gasteiger partial charge in [0.15, 0.2) is 18.1 Å². The number of hydrogen-bond donors (Lipinski definition) is 0. The Hall–Kier alpha value is -3.31. The number of nitrogens with zero attached hydrogens (tertiary/aromatic N) is 2.